The van der Waals surface area contributed by atoms with Gasteiger partial charge < -0.3 is 14.7 Å². The van der Waals surface area contributed by atoms with Gasteiger partial charge in [0.25, 0.3) is 0 Å². The highest BCUT2D eigenvalue weighted by atomic mass is 16.5. The molecule has 0 saturated carbocycles. The first-order valence-electron chi connectivity index (χ1n) is 5.08. The Labute approximate surface area is 92.9 Å². The van der Waals surface area contributed by atoms with Crippen LogP contribution in [0.25, 0.3) is 0 Å². The number of morpholine rings is 1. The number of carbonyl (C=O) groups is 1. The molecule has 2 heterocycles. The molecule has 1 N–H and O–H groups in total. The maximum Gasteiger partial charge on any atom is 0.339 e. The molecular weight excluding hydrogens is 210 g/mol. The van der Waals surface area contributed by atoms with E-state index < -0.39 is 5.97 Å². The largest absolute Gasteiger partial charge is 0.478 e. The number of hydrogen-bond acceptors (Lipinski definition) is 5. The Morgan fingerprint density at radius 1 is 1.50 bits per heavy atom. The van der Waals surface area contributed by atoms with Gasteiger partial charge in [0.2, 0.25) is 5.95 Å². The summed E-state index contributed by atoms with van der Waals surface area (Å²) in [5.74, 6) is -0.420. The topological polar surface area (TPSA) is 75.5 Å². The third-order valence-electron chi connectivity index (χ3n) is 2.49. The molecule has 0 aliphatic carbocycles. The molecule has 1 aliphatic rings. The molecule has 1 aromatic rings. The maximum absolute atomic E-state index is 10.8. The first-order chi connectivity index (χ1) is 7.68. The smallest absolute Gasteiger partial charge is 0.339 e. The van der Waals surface area contributed by atoms with Crippen molar-refractivity contribution in [2.45, 2.75) is 6.92 Å². The summed E-state index contributed by atoms with van der Waals surface area (Å²) in [6.45, 7) is 4.47. The molecule has 0 atom stereocenters. The van der Waals surface area contributed by atoms with Gasteiger partial charge in [-0.15, -0.1) is 0 Å². The number of aromatic nitrogens is 2. The van der Waals surface area contributed by atoms with Crippen LogP contribution in [0.4, 0.5) is 5.95 Å². The van der Waals surface area contributed by atoms with Crippen LogP contribution in [0.3, 0.4) is 0 Å². The van der Waals surface area contributed by atoms with E-state index in [0.29, 0.717) is 24.9 Å². The molecular formula is C10H13N3O3. The molecule has 0 amide bonds. The molecule has 1 fully saturated rings. The van der Waals surface area contributed by atoms with Gasteiger partial charge in [-0.2, -0.15) is 0 Å². The Kier molecular flexibility index (Phi) is 3.00. The molecule has 1 aromatic heterocycles. The van der Waals surface area contributed by atoms with Gasteiger partial charge in [-0.25, -0.2) is 14.8 Å². The maximum atomic E-state index is 10.8. The number of carboxylic acids is 1. The van der Waals surface area contributed by atoms with Crippen molar-refractivity contribution in [3.63, 3.8) is 0 Å². The van der Waals surface area contributed by atoms with Gasteiger partial charge in [0.05, 0.1) is 24.5 Å². The molecule has 86 valence electrons. The molecule has 0 radical (unpaired) electrons. The summed E-state index contributed by atoms with van der Waals surface area (Å²) < 4.78 is 5.22. The third kappa shape index (κ3) is 2.11. The number of rotatable bonds is 2. The summed E-state index contributed by atoms with van der Waals surface area (Å²) in [6.07, 6.45) is 1.36. The SMILES string of the molecule is Cc1nc(N2CCOCC2)ncc1C(=O)O. The van der Waals surface area contributed by atoms with Gasteiger partial charge in [0.15, 0.2) is 0 Å². The van der Waals surface area contributed by atoms with Crippen molar-refractivity contribution in [3.05, 3.63) is 17.5 Å². The predicted molar refractivity (Wildman–Crippen MR) is 56.8 cm³/mol. The number of hydrogen-bond donors (Lipinski definition) is 1. The zero-order chi connectivity index (χ0) is 11.5. The lowest BCUT2D eigenvalue weighted by molar-refractivity contribution is 0.0695. The monoisotopic (exact) mass is 223 g/mol. The molecule has 2 rings (SSSR count). The second-order valence-electron chi connectivity index (χ2n) is 3.57. The fraction of sp³-hybridized carbons (Fsp3) is 0.500. The van der Waals surface area contributed by atoms with E-state index in [0.717, 1.165) is 13.1 Å². The lowest BCUT2D eigenvalue weighted by atomic mass is 10.2. The lowest BCUT2D eigenvalue weighted by Crippen LogP contribution is -2.37. The summed E-state index contributed by atoms with van der Waals surface area (Å²) in [5.41, 5.74) is 0.640. The standard InChI is InChI=1S/C10H13N3O3/c1-7-8(9(14)15)6-11-10(12-7)13-2-4-16-5-3-13/h6H,2-5H2,1H3,(H,14,15). The van der Waals surface area contributed by atoms with Crippen molar-refractivity contribution in [2.75, 3.05) is 31.2 Å². The van der Waals surface area contributed by atoms with Crippen LogP contribution in [0.15, 0.2) is 6.20 Å². The van der Waals surface area contributed by atoms with E-state index >= 15 is 0 Å². The Morgan fingerprint density at radius 2 is 2.19 bits per heavy atom. The van der Waals surface area contributed by atoms with Gasteiger partial charge in [-0.1, -0.05) is 0 Å². The normalized spacial score (nSPS) is 16.2. The van der Waals surface area contributed by atoms with E-state index in [1.54, 1.807) is 6.92 Å². The Bertz CT molecular complexity index is 402. The molecule has 0 bridgehead atoms. The van der Waals surface area contributed by atoms with Crippen molar-refractivity contribution in [3.8, 4) is 0 Å². The van der Waals surface area contributed by atoms with Gasteiger partial charge >= 0.3 is 5.97 Å². The first-order valence-corrected chi connectivity index (χ1v) is 5.08. The Balaban J connectivity index is 2.23. The van der Waals surface area contributed by atoms with Crippen molar-refractivity contribution in [1.82, 2.24) is 9.97 Å². The third-order valence-corrected chi connectivity index (χ3v) is 2.49. The van der Waals surface area contributed by atoms with Gasteiger partial charge in [-0.05, 0) is 6.92 Å². The molecule has 1 aliphatic heterocycles. The van der Waals surface area contributed by atoms with Crippen LogP contribution in [-0.2, 0) is 4.74 Å². The summed E-state index contributed by atoms with van der Waals surface area (Å²) in [7, 11) is 0. The number of carboxylic acid groups (broad SMARTS) is 1. The van der Waals surface area contributed by atoms with Crippen LogP contribution in [0, 0.1) is 6.92 Å². The number of ether oxygens (including phenoxy) is 1. The van der Waals surface area contributed by atoms with Crippen molar-refractivity contribution in [1.29, 1.82) is 0 Å². The quantitative estimate of drug-likeness (QED) is 0.778. The van der Waals surface area contributed by atoms with Crippen LogP contribution in [0.2, 0.25) is 0 Å². The number of anilines is 1. The molecule has 16 heavy (non-hydrogen) atoms. The number of nitrogens with zero attached hydrogens (tertiary/aromatic N) is 3. The van der Waals surface area contributed by atoms with Gasteiger partial charge in [-0.3, -0.25) is 0 Å². The average molecular weight is 223 g/mol. The van der Waals surface area contributed by atoms with Gasteiger partial charge in [0.1, 0.15) is 0 Å². The zero-order valence-corrected chi connectivity index (χ0v) is 9.01. The van der Waals surface area contributed by atoms with Crippen molar-refractivity contribution in [2.24, 2.45) is 0 Å². The van der Waals surface area contributed by atoms with E-state index in [4.69, 9.17) is 9.84 Å². The van der Waals surface area contributed by atoms with Gasteiger partial charge in [0, 0.05) is 19.3 Å². The van der Waals surface area contributed by atoms with Crippen LogP contribution >= 0.6 is 0 Å². The summed E-state index contributed by atoms with van der Waals surface area (Å²) in [4.78, 5) is 21.0. The second kappa shape index (κ2) is 4.44. The van der Waals surface area contributed by atoms with E-state index in [1.807, 2.05) is 4.90 Å². The lowest BCUT2D eigenvalue weighted by Gasteiger charge is -2.26. The molecule has 1 saturated heterocycles. The molecule has 6 nitrogen and oxygen atoms in total. The van der Waals surface area contributed by atoms with Crippen molar-refractivity contribution >= 4 is 11.9 Å². The first kappa shape index (κ1) is 10.8. The number of aromatic carboxylic acids is 1. The van der Waals surface area contributed by atoms with Crippen LogP contribution in [-0.4, -0.2) is 47.3 Å². The minimum Gasteiger partial charge on any atom is -0.478 e. The fourth-order valence-corrected chi connectivity index (χ4v) is 1.58. The van der Waals surface area contributed by atoms with E-state index in [-0.39, 0.29) is 5.56 Å². The van der Waals surface area contributed by atoms with Crippen LogP contribution in [0.1, 0.15) is 16.1 Å². The van der Waals surface area contributed by atoms with E-state index in [1.165, 1.54) is 6.20 Å². The minimum atomic E-state index is -0.994. The van der Waals surface area contributed by atoms with E-state index in [9.17, 15) is 4.79 Å². The highest BCUT2D eigenvalue weighted by Crippen LogP contribution is 2.12. The summed E-state index contributed by atoms with van der Waals surface area (Å²) >= 11 is 0. The molecule has 6 heteroatoms. The Morgan fingerprint density at radius 3 is 2.75 bits per heavy atom. The fourth-order valence-electron chi connectivity index (χ4n) is 1.58. The second-order valence-corrected chi connectivity index (χ2v) is 3.57. The van der Waals surface area contributed by atoms with Crippen molar-refractivity contribution < 1.29 is 14.6 Å². The highest BCUT2D eigenvalue weighted by molar-refractivity contribution is 5.88. The van der Waals surface area contributed by atoms with E-state index in [2.05, 4.69) is 9.97 Å². The average Bonchev–Trinajstić information content (AvgIpc) is 2.29. The summed E-state index contributed by atoms with van der Waals surface area (Å²) in [5, 5.41) is 8.85. The Hall–Kier alpha value is -1.69. The minimum absolute atomic E-state index is 0.150. The number of aryl methyl sites for hydroxylation is 1. The zero-order valence-electron chi connectivity index (χ0n) is 9.01. The molecule has 0 unspecified atom stereocenters. The van der Waals surface area contributed by atoms with Crippen LogP contribution in [0.5, 0.6) is 0 Å². The highest BCUT2D eigenvalue weighted by Gasteiger charge is 2.16. The van der Waals surface area contributed by atoms with Crippen LogP contribution < -0.4 is 4.90 Å². The predicted octanol–water partition coefficient (Wildman–Crippen LogP) is 0.320. The molecule has 0 aromatic carbocycles. The summed E-state index contributed by atoms with van der Waals surface area (Å²) in [6, 6.07) is 0. The molecule has 0 spiro atoms.